The Kier molecular flexibility index (Phi) is 5.43. The third kappa shape index (κ3) is 3.21. The maximum atomic E-state index is 12.2. The Morgan fingerprint density at radius 3 is 3.00 bits per heavy atom. The van der Waals surface area contributed by atoms with Gasteiger partial charge in [-0.25, -0.2) is 0 Å². The van der Waals surface area contributed by atoms with E-state index in [-0.39, 0.29) is 24.4 Å². The summed E-state index contributed by atoms with van der Waals surface area (Å²) in [6, 6.07) is 2.11. The molecule has 1 aromatic rings. The zero-order valence-electron chi connectivity index (χ0n) is 9.96. The fourth-order valence-electron chi connectivity index (χ4n) is 2.29. The largest absolute Gasteiger partial charge is 0.334 e. The van der Waals surface area contributed by atoms with Gasteiger partial charge in [0, 0.05) is 24.5 Å². The van der Waals surface area contributed by atoms with E-state index in [9.17, 15) is 4.79 Å². The van der Waals surface area contributed by atoms with Crippen molar-refractivity contribution in [2.45, 2.75) is 25.8 Å². The molecular weight excluding hydrogens is 256 g/mol. The lowest BCUT2D eigenvalue weighted by molar-refractivity contribution is 0.0574. The molecule has 1 saturated heterocycles. The summed E-state index contributed by atoms with van der Waals surface area (Å²) >= 11 is 1.56. The van der Waals surface area contributed by atoms with Crippen molar-refractivity contribution in [3.8, 4) is 0 Å². The van der Waals surface area contributed by atoms with E-state index in [0.29, 0.717) is 12.5 Å². The Morgan fingerprint density at radius 2 is 2.41 bits per heavy atom. The molecule has 2 rings (SSSR count). The Balaban J connectivity index is 0.00000144. The number of thiophene rings is 1. The van der Waals surface area contributed by atoms with Gasteiger partial charge in [0.2, 0.25) is 0 Å². The Morgan fingerprint density at radius 1 is 1.65 bits per heavy atom. The molecule has 0 aliphatic carbocycles. The molecular formula is C12H19ClN2OS. The number of likely N-dealkylation sites (tertiary alicyclic amines) is 1. The number of hydrogen-bond donors (Lipinski definition) is 1. The minimum atomic E-state index is 0. The molecule has 0 bridgehead atoms. The number of nitrogens with two attached hydrogens (primary N) is 1. The van der Waals surface area contributed by atoms with E-state index in [0.717, 1.165) is 24.9 Å². The monoisotopic (exact) mass is 274 g/mol. The number of hydrogen-bond acceptors (Lipinski definition) is 3. The highest BCUT2D eigenvalue weighted by Gasteiger charge is 2.29. The van der Waals surface area contributed by atoms with Crippen LogP contribution in [0.2, 0.25) is 0 Å². The second-order valence-corrected chi connectivity index (χ2v) is 5.31. The van der Waals surface area contributed by atoms with Crippen molar-refractivity contribution >= 4 is 29.7 Å². The first-order valence-corrected chi connectivity index (χ1v) is 6.70. The Bertz CT molecular complexity index is 355. The quantitative estimate of drug-likeness (QED) is 0.900. The molecule has 0 radical (unpaired) electrons. The van der Waals surface area contributed by atoms with E-state index in [4.69, 9.17) is 5.73 Å². The van der Waals surface area contributed by atoms with Crippen molar-refractivity contribution in [1.29, 1.82) is 0 Å². The van der Waals surface area contributed by atoms with Crippen molar-refractivity contribution in [3.05, 3.63) is 22.4 Å². The molecule has 3 nitrogen and oxygen atoms in total. The number of halogens is 1. The van der Waals surface area contributed by atoms with Gasteiger partial charge in [-0.15, -0.1) is 12.4 Å². The predicted octanol–water partition coefficient (Wildman–Crippen LogP) is 2.37. The number of nitrogens with zero attached hydrogens (tertiary/aromatic N) is 1. The summed E-state index contributed by atoms with van der Waals surface area (Å²) in [6.45, 7) is 3.65. The first-order valence-electron chi connectivity index (χ1n) is 5.75. The number of piperidine rings is 1. The molecule has 1 aliphatic heterocycles. The lowest BCUT2D eigenvalue weighted by Gasteiger charge is -2.37. The predicted molar refractivity (Wildman–Crippen MR) is 73.8 cm³/mol. The number of rotatable bonds is 2. The third-order valence-electron chi connectivity index (χ3n) is 3.28. The van der Waals surface area contributed by atoms with Crippen LogP contribution in [0.1, 0.15) is 30.1 Å². The van der Waals surface area contributed by atoms with E-state index in [1.807, 2.05) is 21.7 Å². The van der Waals surface area contributed by atoms with Crippen LogP contribution in [0.4, 0.5) is 0 Å². The second-order valence-electron chi connectivity index (χ2n) is 4.53. The standard InChI is InChI=1S/C12H18N2OS.ClH/c1-9-2-4-14(11(6-9)7-13)12(15)10-3-5-16-8-10;/h3,5,8-9,11H,2,4,6-7,13H2,1H3;1H. The fourth-order valence-corrected chi connectivity index (χ4v) is 2.92. The summed E-state index contributed by atoms with van der Waals surface area (Å²) in [5.41, 5.74) is 6.56. The van der Waals surface area contributed by atoms with Gasteiger partial charge < -0.3 is 10.6 Å². The van der Waals surface area contributed by atoms with Crippen LogP contribution in [-0.4, -0.2) is 29.9 Å². The second kappa shape index (κ2) is 6.38. The molecule has 2 unspecified atom stereocenters. The highest BCUT2D eigenvalue weighted by molar-refractivity contribution is 7.08. The molecule has 96 valence electrons. The van der Waals surface area contributed by atoms with Gasteiger partial charge in [0.1, 0.15) is 0 Å². The van der Waals surface area contributed by atoms with Crippen LogP contribution < -0.4 is 5.73 Å². The summed E-state index contributed by atoms with van der Waals surface area (Å²) in [4.78, 5) is 14.2. The zero-order valence-corrected chi connectivity index (χ0v) is 11.6. The summed E-state index contributed by atoms with van der Waals surface area (Å²) in [5.74, 6) is 0.823. The van der Waals surface area contributed by atoms with Gasteiger partial charge in [0.15, 0.2) is 0 Å². The van der Waals surface area contributed by atoms with Gasteiger partial charge >= 0.3 is 0 Å². The first-order chi connectivity index (χ1) is 7.72. The van der Waals surface area contributed by atoms with E-state index in [2.05, 4.69) is 6.92 Å². The van der Waals surface area contributed by atoms with E-state index in [1.165, 1.54) is 0 Å². The highest BCUT2D eigenvalue weighted by Crippen LogP contribution is 2.24. The molecule has 0 saturated carbocycles. The van der Waals surface area contributed by atoms with E-state index >= 15 is 0 Å². The van der Waals surface area contributed by atoms with Gasteiger partial charge in [-0.1, -0.05) is 6.92 Å². The molecule has 2 atom stereocenters. The van der Waals surface area contributed by atoms with E-state index in [1.54, 1.807) is 11.3 Å². The van der Waals surface area contributed by atoms with Crippen molar-refractivity contribution in [3.63, 3.8) is 0 Å². The molecule has 0 aromatic carbocycles. The summed E-state index contributed by atoms with van der Waals surface area (Å²) in [6.07, 6.45) is 2.12. The number of carbonyl (C=O) groups is 1. The third-order valence-corrected chi connectivity index (χ3v) is 3.96. The van der Waals surface area contributed by atoms with Crippen LogP contribution in [0.15, 0.2) is 16.8 Å². The zero-order chi connectivity index (χ0) is 11.5. The van der Waals surface area contributed by atoms with Crippen molar-refractivity contribution in [1.82, 2.24) is 4.90 Å². The van der Waals surface area contributed by atoms with Gasteiger partial charge in [-0.05, 0) is 30.2 Å². The van der Waals surface area contributed by atoms with Crippen molar-refractivity contribution in [2.24, 2.45) is 11.7 Å². The van der Waals surface area contributed by atoms with Crippen LogP contribution in [0, 0.1) is 5.92 Å². The maximum absolute atomic E-state index is 12.2. The lowest BCUT2D eigenvalue weighted by Crippen LogP contribution is -2.49. The minimum absolute atomic E-state index is 0. The van der Waals surface area contributed by atoms with Gasteiger partial charge in [0.25, 0.3) is 5.91 Å². The summed E-state index contributed by atoms with van der Waals surface area (Å²) in [5, 5.41) is 3.85. The number of amides is 1. The van der Waals surface area contributed by atoms with Crippen LogP contribution in [-0.2, 0) is 0 Å². The first kappa shape index (κ1) is 14.5. The molecule has 1 aromatic heterocycles. The normalized spacial score (nSPS) is 24.2. The average Bonchev–Trinajstić information content (AvgIpc) is 2.81. The molecule has 1 aliphatic rings. The molecule has 2 N–H and O–H groups in total. The van der Waals surface area contributed by atoms with Crippen molar-refractivity contribution < 1.29 is 4.79 Å². The van der Waals surface area contributed by atoms with Gasteiger partial charge in [-0.2, -0.15) is 11.3 Å². The molecule has 2 heterocycles. The maximum Gasteiger partial charge on any atom is 0.254 e. The van der Waals surface area contributed by atoms with Gasteiger partial charge in [0.05, 0.1) is 5.56 Å². The fraction of sp³-hybridized carbons (Fsp3) is 0.583. The topological polar surface area (TPSA) is 46.3 Å². The average molecular weight is 275 g/mol. The van der Waals surface area contributed by atoms with Crippen LogP contribution in [0.5, 0.6) is 0 Å². The van der Waals surface area contributed by atoms with Crippen LogP contribution in [0.25, 0.3) is 0 Å². The number of carbonyl (C=O) groups excluding carboxylic acids is 1. The minimum Gasteiger partial charge on any atom is -0.334 e. The summed E-state index contributed by atoms with van der Waals surface area (Å²) in [7, 11) is 0. The molecule has 1 amide bonds. The van der Waals surface area contributed by atoms with Gasteiger partial charge in [-0.3, -0.25) is 4.79 Å². The SMILES string of the molecule is CC1CCN(C(=O)c2ccsc2)C(CN)C1.Cl. The molecule has 17 heavy (non-hydrogen) atoms. The van der Waals surface area contributed by atoms with E-state index < -0.39 is 0 Å². The Labute approximate surface area is 112 Å². The van der Waals surface area contributed by atoms with Crippen LogP contribution >= 0.6 is 23.7 Å². The lowest BCUT2D eigenvalue weighted by atomic mass is 9.92. The highest BCUT2D eigenvalue weighted by atomic mass is 35.5. The summed E-state index contributed by atoms with van der Waals surface area (Å²) < 4.78 is 0. The molecule has 5 heteroatoms. The molecule has 1 fully saturated rings. The smallest absolute Gasteiger partial charge is 0.254 e. The van der Waals surface area contributed by atoms with Crippen LogP contribution in [0.3, 0.4) is 0 Å². The van der Waals surface area contributed by atoms with Crippen molar-refractivity contribution in [2.75, 3.05) is 13.1 Å². The Hall–Kier alpha value is -0.580. The molecule has 0 spiro atoms.